The van der Waals surface area contributed by atoms with Crippen molar-refractivity contribution >= 4 is 23.5 Å². The van der Waals surface area contributed by atoms with Crippen LogP contribution < -0.4 is 15.4 Å². The van der Waals surface area contributed by atoms with E-state index in [1.54, 1.807) is 0 Å². The highest BCUT2D eigenvalue weighted by Crippen LogP contribution is 2.33. The number of hydrogen-bond donors (Lipinski definition) is 2. The first kappa shape index (κ1) is 16.0. The van der Waals surface area contributed by atoms with Crippen molar-refractivity contribution in [1.82, 2.24) is 15.3 Å². The van der Waals surface area contributed by atoms with Crippen molar-refractivity contribution in [3.63, 3.8) is 0 Å². The quantitative estimate of drug-likeness (QED) is 0.816. The average molecular weight is 313 g/mol. The van der Waals surface area contributed by atoms with Crippen LogP contribution in [0.1, 0.15) is 32.6 Å². The van der Waals surface area contributed by atoms with Gasteiger partial charge < -0.3 is 10.1 Å². The van der Waals surface area contributed by atoms with Gasteiger partial charge in [0.2, 0.25) is 17.7 Å². The Labute approximate surface area is 129 Å². The van der Waals surface area contributed by atoms with Crippen LogP contribution in [-0.4, -0.2) is 36.1 Å². The number of piperidine rings is 1. The fraction of sp³-hybridized carbons (Fsp3) is 0.643. The standard InChI is InChI=1S/C14H21ClN4O2/c1-3-5-14(6-4-7-16-9-14)12(20)19-13-17-10(15)8-11(18-13)21-2/h8,16H,3-7,9H2,1-2H3,(H,17,18,19,20). The van der Waals surface area contributed by atoms with Gasteiger partial charge in [-0.25, -0.2) is 4.98 Å². The lowest BCUT2D eigenvalue weighted by molar-refractivity contribution is -0.127. The Morgan fingerprint density at radius 1 is 1.57 bits per heavy atom. The summed E-state index contributed by atoms with van der Waals surface area (Å²) < 4.78 is 5.04. The van der Waals surface area contributed by atoms with Crippen LogP contribution in [0.2, 0.25) is 5.15 Å². The van der Waals surface area contributed by atoms with E-state index in [2.05, 4.69) is 27.5 Å². The number of hydrogen-bond acceptors (Lipinski definition) is 5. The average Bonchev–Trinajstić information content (AvgIpc) is 2.47. The number of nitrogens with one attached hydrogen (secondary N) is 2. The molecule has 1 aliphatic rings. The number of aromatic nitrogens is 2. The number of nitrogens with zero attached hydrogens (tertiary/aromatic N) is 2. The Morgan fingerprint density at radius 3 is 3.00 bits per heavy atom. The third kappa shape index (κ3) is 3.83. The summed E-state index contributed by atoms with van der Waals surface area (Å²) in [6.07, 6.45) is 3.66. The summed E-state index contributed by atoms with van der Waals surface area (Å²) in [4.78, 5) is 20.8. The van der Waals surface area contributed by atoms with Gasteiger partial charge in [0.05, 0.1) is 12.5 Å². The van der Waals surface area contributed by atoms with Crippen molar-refractivity contribution in [2.45, 2.75) is 32.6 Å². The Kier molecular flexibility index (Phi) is 5.36. The van der Waals surface area contributed by atoms with E-state index in [0.29, 0.717) is 12.4 Å². The largest absolute Gasteiger partial charge is 0.481 e. The number of halogens is 1. The minimum absolute atomic E-state index is 0.0548. The first-order valence-corrected chi connectivity index (χ1v) is 7.58. The zero-order chi connectivity index (χ0) is 15.3. The molecular weight excluding hydrogens is 292 g/mol. The summed E-state index contributed by atoms with van der Waals surface area (Å²) in [5.41, 5.74) is -0.397. The van der Waals surface area contributed by atoms with Gasteiger partial charge in [0.15, 0.2) is 0 Å². The summed E-state index contributed by atoms with van der Waals surface area (Å²) in [7, 11) is 1.49. The first-order chi connectivity index (χ1) is 10.1. The van der Waals surface area contributed by atoms with Crippen molar-refractivity contribution in [2.75, 3.05) is 25.5 Å². The third-order valence-corrected chi connectivity index (χ3v) is 3.98. The Hall–Kier alpha value is -1.40. The maximum absolute atomic E-state index is 12.7. The van der Waals surface area contributed by atoms with Crippen LogP contribution in [0.3, 0.4) is 0 Å². The highest BCUT2D eigenvalue weighted by Gasteiger charge is 2.39. The molecule has 0 aromatic carbocycles. The zero-order valence-electron chi connectivity index (χ0n) is 12.4. The van der Waals surface area contributed by atoms with E-state index in [1.165, 1.54) is 13.2 Å². The van der Waals surface area contributed by atoms with E-state index < -0.39 is 5.41 Å². The summed E-state index contributed by atoms with van der Waals surface area (Å²) in [6.45, 7) is 3.73. The Morgan fingerprint density at radius 2 is 2.38 bits per heavy atom. The molecule has 1 aromatic heterocycles. The molecule has 0 spiro atoms. The molecular formula is C14H21ClN4O2. The number of carbonyl (C=O) groups is 1. The third-order valence-electron chi connectivity index (χ3n) is 3.79. The topological polar surface area (TPSA) is 76.1 Å². The van der Waals surface area contributed by atoms with Crippen LogP contribution in [0.5, 0.6) is 5.88 Å². The molecule has 1 unspecified atom stereocenters. The predicted molar refractivity (Wildman–Crippen MR) is 81.7 cm³/mol. The highest BCUT2D eigenvalue weighted by atomic mass is 35.5. The van der Waals surface area contributed by atoms with Crippen molar-refractivity contribution in [2.24, 2.45) is 5.41 Å². The number of amides is 1. The van der Waals surface area contributed by atoms with Gasteiger partial charge in [0, 0.05) is 12.6 Å². The van der Waals surface area contributed by atoms with E-state index in [9.17, 15) is 4.79 Å². The fourth-order valence-corrected chi connectivity index (χ4v) is 2.93. The van der Waals surface area contributed by atoms with Crippen LogP contribution in [0.25, 0.3) is 0 Å². The van der Waals surface area contributed by atoms with Gasteiger partial charge in [-0.15, -0.1) is 0 Å². The van der Waals surface area contributed by atoms with E-state index in [-0.39, 0.29) is 17.0 Å². The molecule has 21 heavy (non-hydrogen) atoms. The summed E-state index contributed by atoms with van der Waals surface area (Å²) >= 11 is 5.90. The van der Waals surface area contributed by atoms with Gasteiger partial charge in [-0.05, 0) is 25.8 Å². The van der Waals surface area contributed by atoms with Crippen LogP contribution in [0, 0.1) is 5.41 Å². The van der Waals surface area contributed by atoms with E-state index in [1.807, 2.05) is 0 Å². The monoisotopic (exact) mass is 312 g/mol. The second-order valence-corrected chi connectivity index (χ2v) is 5.71. The molecule has 1 fully saturated rings. The molecule has 1 amide bonds. The number of anilines is 1. The molecule has 2 rings (SSSR count). The van der Waals surface area contributed by atoms with Gasteiger partial charge in [-0.1, -0.05) is 24.9 Å². The Bertz CT molecular complexity index is 498. The second-order valence-electron chi connectivity index (χ2n) is 5.32. The maximum atomic E-state index is 12.7. The van der Waals surface area contributed by atoms with Gasteiger partial charge >= 0.3 is 0 Å². The lowest BCUT2D eigenvalue weighted by atomic mass is 9.76. The van der Waals surface area contributed by atoms with Gasteiger partial charge in [-0.2, -0.15) is 4.98 Å². The Balaban J connectivity index is 2.16. The van der Waals surface area contributed by atoms with Crippen molar-refractivity contribution in [1.29, 1.82) is 0 Å². The number of methoxy groups -OCH3 is 1. The van der Waals surface area contributed by atoms with Crippen LogP contribution in [0.4, 0.5) is 5.95 Å². The van der Waals surface area contributed by atoms with Crippen LogP contribution in [-0.2, 0) is 4.79 Å². The smallest absolute Gasteiger partial charge is 0.234 e. The molecule has 1 saturated heterocycles. The lowest BCUT2D eigenvalue weighted by Crippen LogP contribution is -2.48. The molecule has 2 N–H and O–H groups in total. The van der Waals surface area contributed by atoms with Gasteiger partial charge in [0.25, 0.3) is 0 Å². The molecule has 6 nitrogen and oxygen atoms in total. The van der Waals surface area contributed by atoms with Crippen molar-refractivity contribution in [3.8, 4) is 5.88 Å². The molecule has 0 bridgehead atoms. The fourth-order valence-electron chi connectivity index (χ4n) is 2.76. The van der Waals surface area contributed by atoms with E-state index in [4.69, 9.17) is 16.3 Å². The van der Waals surface area contributed by atoms with Gasteiger partial charge in [0.1, 0.15) is 5.15 Å². The first-order valence-electron chi connectivity index (χ1n) is 7.20. The molecule has 2 heterocycles. The van der Waals surface area contributed by atoms with Gasteiger partial charge in [-0.3, -0.25) is 10.1 Å². The predicted octanol–water partition coefficient (Wildman–Crippen LogP) is 2.25. The molecule has 1 atom stereocenters. The van der Waals surface area contributed by atoms with E-state index >= 15 is 0 Å². The highest BCUT2D eigenvalue weighted by molar-refractivity contribution is 6.29. The summed E-state index contributed by atoms with van der Waals surface area (Å²) in [6, 6.07) is 1.50. The van der Waals surface area contributed by atoms with Crippen LogP contribution in [0.15, 0.2) is 6.07 Å². The summed E-state index contributed by atoms with van der Waals surface area (Å²) in [5.74, 6) is 0.461. The van der Waals surface area contributed by atoms with Crippen molar-refractivity contribution < 1.29 is 9.53 Å². The molecule has 0 aliphatic carbocycles. The minimum atomic E-state index is -0.397. The van der Waals surface area contributed by atoms with E-state index in [0.717, 1.165) is 32.2 Å². The SMILES string of the molecule is CCCC1(C(=O)Nc2nc(Cl)cc(OC)n2)CCCNC1. The second kappa shape index (κ2) is 7.04. The number of rotatable bonds is 5. The normalized spacial score (nSPS) is 21.9. The van der Waals surface area contributed by atoms with Crippen molar-refractivity contribution in [3.05, 3.63) is 11.2 Å². The number of ether oxygens (including phenoxy) is 1. The molecule has 0 saturated carbocycles. The zero-order valence-corrected chi connectivity index (χ0v) is 13.2. The molecule has 116 valence electrons. The molecule has 0 radical (unpaired) electrons. The molecule has 1 aliphatic heterocycles. The number of carbonyl (C=O) groups excluding carboxylic acids is 1. The summed E-state index contributed by atoms with van der Waals surface area (Å²) in [5, 5.41) is 6.34. The van der Waals surface area contributed by atoms with Crippen LogP contribution >= 0.6 is 11.6 Å². The maximum Gasteiger partial charge on any atom is 0.234 e. The lowest BCUT2D eigenvalue weighted by Gasteiger charge is -2.35. The molecule has 1 aromatic rings. The molecule has 7 heteroatoms. The minimum Gasteiger partial charge on any atom is -0.481 e.